The molecule has 0 radical (unpaired) electrons. The summed E-state index contributed by atoms with van der Waals surface area (Å²) in [6.07, 6.45) is 3.62. The van der Waals surface area contributed by atoms with Gasteiger partial charge >= 0.3 is 0 Å². The van der Waals surface area contributed by atoms with Gasteiger partial charge in [-0.05, 0) is 42.7 Å². The van der Waals surface area contributed by atoms with E-state index < -0.39 is 0 Å². The second kappa shape index (κ2) is 8.52. The summed E-state index contributed by atoms with van der Waals surface area (Å²) in [5.41, 5.74) is 3.92. The van der Waals surface area contributed by atoms with Crippen LogP contribution < -0.4 is 16.0 Å². The number of aryl methyl sites for hydroxylation is 1. The number of carbonyl (C=O) groups excluding carboxylic acids is 1. The fraction of sp³-hybridized carbons (Fsp3) is 0.304. The molecule has 3 N–H and O–H groups in total. The van der Waals surface area contributed by atoms with E-state index in [0.717, 1.165) is 36.8 Å². The molecule has 2 aromatic carbocycles. The molecule has 0 saturated carbocycles. The summed E-state index contributed by atoms with van der Waals surface area (Å²) >= 11 is 12.4. The number of benzene rings is 2. The largest absolute Gasteiger partial charge is 0.320 e. The van der Waals surface area contributed by atoms with Gasteiger partial charge in [0.2, 0.25) is 0 Å². The molecule has 1 aromatic heterocycles. The minimum absolute atomic E-state index is 0.164. The van der Waals surface area contributed by atoms with Crippen LogP contribution in [0.2, 0.25) is 10.0 Å². The smallest absolute Gasteiger partial charge is 0.258 e. The molecule has 1 aliphatic rings. The molecule has 30 heavy (non-hydrogen) atoms. The number of hydrogen-bond acceptors (Lipinski definition) is 4. The second-order valence-corrected chi connectivity index (χ2v) is 8.54. The number of para-hydroxylation sites is 1. The fourth-order valence-corrected chi connectivity index (χ4v) is 4.62. The molecule has 3 aromatic rings. The van der Waals surface area contributed by atoms with Crippen LogP contribution in [0.15, 0.2) is 42.6 Å². The van der Waals surface area contributed by atoms with Crippen molar-refractivity contribution >= 4 is 45.7 Å². The van der Waals surface area contributed by atoms with Crippen molar-refractivity contribution in [1.82, 2.24) is 15.6 Å². The summed E-state index contributed by atoms with van der Waals surface area (Å²) in [4.78, 5) is 17.6. The molecule has 0 spiro atoms. The van der Waals surface area contributed by atoms with Crippen molar-refractivity contribution in [2.75, 3.05) is 18.4 Å². The number of amides is 1. The first-order chi connectivity index (χ1) is 14.4. The number of aromatic nitrogens is 1. The van der Waals surface area contributed by atoms with Gasteiger partial charge < -0.3 is 5.32 Å². The lowest BCUT2D eigenvalue weighted by molar-refractivity contribution is 0.102. The number of hydrogen-bond donors (Lipinski definition) is 3. The molecule has 2 heterocycles. The Morgan fingerprint density at radius 1 is 1.13 bits per heavy atom. The van der Waals surface area contributed by atoms with Crippen LogP contribution in [0.4, 0.5) is 5.69 Å². The highest BCUT2D eigenvalue weighted by Gasteiger charge is 2.29. The lowest BCUT2D eigenvalue weighted by Gasteiger charge is -2.27. The van der Waals surface area contributed by atoms with E-state index in [9.17, 15) is 4.79 Å². The maximum atomic E-state index is 12.9. The number of carbonyl (C=O) groups is 1. The number of halogens is 2. The van der Waals surface area contributed by atoms with E-state index in [0.29, 0.717) is 15.7 Å². The van der Waals surface area contributed by atoms with Gasteiger partial charge in [0.25, 0.3) is 5.91 Å². The molecule has 1 saturated heterocycles. The van der Waals surface area contributed by atoms with Crippen molar-refractivity contribution in [3.8, 4) is 0 Å². The summed E-state index contributed by atoms with van der Waals surface area (Å²) in [7, 11) is 0. The number of rotatable bonds is 5. The van der Waals surface area contributed by atoms with Crippen molar-refractivity contribution in [3.63, 3.8) is 0 Å². The van der Waals surface area contributed by atoms with Gasteiger partial charge in [-0.3, -0.25) is 20.4 Å². The van der Waals surface area contributed by atoms with Crippen LogP contribution in [0.5, 0.6) is 0 Å². The molecule has 4 rings (SSSR count). The van der Waals surface area contributed by atoms with Gasteiger partial charge in [0.1, 0.15) is 0 Å². The van der Waals surface area contributed by atoms with Crippen LogP contribution in [-0.4, -0.2) is 29.6 Å². The molecule has 1 amide bonds. The van der Waals surface area contributed by atoms with Gasteiger partial charge in [0.15, 0.2) is 0 Å². The highest BCUT2D eigenvalue weighted by molar-refractivity contribution is 6.40. The molecule has 0 bridgehead atoms. The zero-order valence-corrected chi connectivity index (χ0v) is 18.5. The fourth-order valence-electron chi connectivity index (χ4n) is 4.05. The van der Waals surface area contributed by atoms with E-state index in [1.54, 1.807) is 18.2 Å². The third kappa shape index (κ3) is 4.03. The lowest BCUT2D eigenvalue weighted by Crippen LogP contribution is -2.48. The van der Waals surface area contributed by atoms with Gasteiger partial charge in [0, 0.05) is 31.1 Å². The molecule has 0 aliphatic carbocycles. The summed E-state index contributed by atoms with van der Waals surface area (Å²) < 4.78 is 0. The quantitative estimate of drug-likeness (QED) is 0.530. The Morgan fingerprint density at radius 2 is 1.80 bits per heavy atom. The summed E-state index contributed by atoms with van der Waals surface area (Å²) in [6.45, 7) is 6.20. The molecule has 5 nitrogen and oxygen atoms in total. The van der Waals surface area contributed by atoms with E-state index in [1.165, 1.54) is 11.1 Å². The minimum atomic E-state index is -0.355. The number of pyridine rings is 1. The monoisotopic (exact) mass is 442 g/mol. The number of nitrogens with one attached hydrogen (secondary N) is 3. The number of anilines is 1. The zero-order valence-electron chi connectivity index (χ0n) is 17.0. The molecular weight excluding hydrogens is 419 g/mol. The third-order valence-corrected chi connectivity index (χ3v) is 6.23. The Morgan fingerprint density at radius 3 is 2.47 bits per heavy atom. The van der Waals surface area contributed by atoms with E-state index in [4.69, 9.17) is 23.2 Å². The first-order valence-electron chi connectivity index (χ1n) is 10.1. The topological polar surface area (TPSA) is 66.0 Å². The van der Waals surface area contributed by atoms with Crippen molar-refractivity contribution in [3.05, 3.63) is 69.3 Å². The van der Waals surface area contributed by atoms with E-state index in [1.807, 2.05) is 18.3 Å². The summed E-state index contributed by atoms with van der Waals surface area (Å²) in [5.74, 6) is -0.355. The molecule has 0 atom stereocenters. The predicted octanol–water partition coefficient (Wildman–Crippen LogP) is 4.81. The van der Waals surface area contributed by atoms with Crippen molar-refractivity contribution < 1.29 is 4.79 Å². The van der Waals surface area contributed by atoms with Crippen LogP contribution in [0.3, 0.4) is 0 Å². The Labute approximate surface area is 186 Å². The zero-order chi connectivity index (χ0) is 21.3. The second-order valence-electron chi connectivity index (χ2n) is 7.73. The van der Waals surface area contributed by atoms with Crippen LogP contribution >= 0.6 is 23.2 Å². The van der Waals surface area contributed by atoms with Crippen molar-refractivity contribution in [2.24, 2.45) is 0 Å². The Bertz CT molecular complexity index is 1090. The normalized spacial score (nSPS) is 15.5. The standard InChI is InChI=1S/C23H24Cl2N4O/c1-3-14-13-26-21-15(16(14)12-23(2)27-10-11-28-23)6-4-9-19(21)29-22(30)20-17(24)7-5-8-18(20)25/h4-9,13,27-28H,3,10-12H2,1-2H3,(H,29,30). The van der Waals surface area contributed by atoms with Crippen molar-refractivity contribution in [1.29, 1.82) is 0 Å². The maximum absolute atomic E-state index is 12.9. The Balaban J connectivity index is 1.75. The molecular formula is C23H24Cl2N4O. The van der Waals surface area contributed by atoms with Gasteiger partial charge in [-0.25, -0.2) is 0 Å². The Kier molecular flexibility index (Phi) is 5.98. The summed E-state index contributed by atoms with van der Waals surface area (Å²) in [5, 5.41) is 11.7. The third-order valence-electron chi connectivity index (χ3n) is 5.60. The molecule has 1 aliphatic heterocycles. The average Bonchev–Trinajstić information content (AvgIpc) is 3.14. The molecule has 156 valence electrons. The number of fused-ring (bicyclic) bond motifs is 1. The van der Waals surface area contributed by atoms with Crippen LogP contribution in [-0.2, 0) is 12.8 Å². The van der Waals surface area contributed by atoms with E-state index in [2.05, 4.69) is 40.8 Å². The van der Waals surface area contributed by atoms with E-state index >= 15 is 0 Å². The minimum Gasteiger partial charge on any atom is -0.320 e. The Hall–Kier alpha value is -2.18. The van der Waals surface area contributed by atoms with E-state index in [-0.39, 0.29) is 17.1 Å². The SMILES string of the molecule is CCc1cnc2c(NC(=O)c3c(Cl)cccc3Cl)cccc2c1CC1(C)NCCN1. The highest BCUT2D eigenvalue weighted by atomic mass is 35.5. The van der Waals surface area contributed by atoms with Crippen LogP contribution in [0.1, 0.15) is 35.3 Å². The maximum Gasteiger partial charge on any atom is 0.258 e. The predicted molar refractivity (Wildman–Crippen MR) is 124 cm³/mol. The van der Waals surface area contributed by atoms with Gasteiger partial charge in [0.05, 0.1) is 32.5 Å². The summed E-state index contributed by atoms with van der Waals surface area (Å²) in [6, 6.07) is 10.9. The highest BCUT2D eigenvalue weighted by Crippen LogP contribution is 2.31. The van der Waals surface area contributed by atoms with Crippen molar-refractivity contribution in [2.45, 2.75) is 32.4 Å². The van der Waals surface area contributed by atoms with Gasteiger partial charge in [-0.1, -0.05) is 48.3 Å². The number of nitrogens with zero attached hydrogens (tertiary/aromatic N) is 1. The van der Waals surface area contributed by atoms with Crippen LogP contribution in [0.25, 0.3) is 10.9 Å². The molecule has 7 heteroatoms. The molecule has 0 unspecified atom stereocenters. The molecule has 1 fully saturated rings. The van der Waals surface area contributed by atoms with Gasteiger partial charge in [-0.2, -0.15) is 0 Å². The van der Waals surface area contributed by atoms with Gasteiger partial charge in [-0.15, -0.1) is 0 Å². The first-order valence-corrected chi connectivity index (χ1v) is 10.8. The lowest BCUT2D eigenvalue weighted by atomic mass is 9.93. The average molecular weight is 443 g/mol. The first kappa shape index (κ1) is 21.1. The van der Waals surface area contributed by atoms with Crippen LogP contribution in [0, 0.1) is 0 Å².